The molecule has 1 rings (SSSR count). The van der Waals surface area contributed by atoms with E-state index >= 15 is 0 Å². The number of ether oxygens (including phenoxy) is 1. The number of nitrogens with one attached hydrogen (secondary N) is 1. The lowest BCUT2D eigenvalue weighted by molar-refractivity contribution is 0.303. The predicted octanol–water partition coefficient (Wildman–Crippen LogP) is 3.95. The fourth-order valence-electron chi connectivity index (χ4n) is 2.77. The molecule has 1 aromatic rings. The second-order valence-corrected chi connectivity index (χ2v) is 5.64. The summed E-state index contributed by atoms with van der Waals surface area (Å²) in [6.07, 6.45) is 5.29. The maximum absolute atomic E-state index is 5.55. The van der Waals surface area contributed by atoms with Crippen molar-refractivity contribution in [3.8, 4) is 5.75 Å². The molecule has 4 nitrogen and oxygen atoms in total. The number of hydrogen-bond acceptors (Lipinski definition) is 3. The molecule has 0 saturated heterocycles. The summed E-state index contributed by atoms with van der Waals surface area (Å²) in [6, 6.07) is 0.652. The Kier molecular flexibility index (Phi) is 7.06. The molecule has 0 amide bonds. The van der Waals surface area contributed by atoms with E-state index in [2.05, 4.69) is 49.7 Å². The summed E-state index contributed by atoms with van der Waals surface area (Å²) in [4.78, 5) is 0. The second-order valence-electron chi connectivity index (χ2n) is 5.64. The van der Waals surface area contributed by atoms with Crippen molar-refractivity contribution in [3.63, 3.8) is 0 Å². The van der Waals surface area contributed by atoms with Gasteiger partial charge in [-0.1, -0.05) is 33.6 Å². The third-order valence-electron chi connectivity index (χ3n) is 3.94. The molecule has 0 saturated carbocycles. The highest BCUT2D eigenvalue weighted by Crippen LogP contribution is 2.34. The first-order valence-corrected chi connectivity index (χ1v) is 7.95. The molecule has 0 spiro atoms. The maximum Gasteiger partial charge on any atom is 0.161 e. The van der Waals surface area contributed by atoms with E-state index in [9.17, 15) is 0 Å². The van der Waals surface area contributed by atoms with Gasteiger partial charge in [-0.25, -0.2) is 0 Å². The molecule has 1 N–H and O–H groups in total. The molecule has 1 atom stereocenters. The minimum atomic E-state index is 0.310. The van der Waals surface area contributed by atoms with Crippen LogP contribution in [0.4, 0.5) is 0 Å². The first-order valence-electron chi connectivity index (χ1n) is 7.95. The average molecular weight is 281 g/mol. The van der Waals surface area contributed by atoms with E-state index in [1.54, 1.807) is 7.11 Å². The number of nitrogens with zero attached hydrogens (tertiary/aromatic N) is 2. The quantitative estimate of drug-likeness (QED) is 0.745. The van der Waals surface area contributed by atoms with Crippen LogP contribution in [0.25, 0.3) is 0 Å². The molecule has 1 aromatic heterocycles. The predicted molar refractivity (Wildman–Crippen MR) is 84.3 cm³/mol. The van der Waals surface area contributed by atoms with Crippen molar-refractivity contribution < 1.29 is 4.74 Å². The molecule has 4 heteroatoms. The summed E-state index contributed by atoms with van der Waals surface area (Å²) in [5, 5.41) is 8.22. The normalized spacial score (nSPS) is 13.2. The van der Waals surface area contributed by atoms with Gasteiger partial charge >= 0.3 is 0 Å². The van der Waals surface area contributed by atoms with E-state index < -0.39 is 0 Å². The Balaban J connectivity index is 3.19. The lowest BCUT2D eigenvalue weighted by Crippen LogP contribution is -2.31. The van der Waals surface area contributed by atoms with Gasteiger partial charge in [0.25, 0.3) is 0 Å². The summed E-state index contributed by atoms with van der Waals surface area (Å²) in [6.45, 7) is 12.1. The highest BCUT2D eigenvalue weighted by atomic mass is 16.5. The fraction of sp³-hybridized carbons (Fsp3) is 0.812. The summed E-state index contributed by atoms with van der Waals surface area (Å²) < 4.78 is 7.65. The van der Waals surface area contributed by atoms with Crippen molar-refractivity contribution in [1.82, 2.24) is 15.1 Å². The summed E-state index contributed by atoms with van der Waals surface area (Å²) in [7, 11) is 1.73. The van der Waals surface area contributed by atoms with E-state index in [4.69, 9.17) is 4.74 Å². The second kappa shape index (κ2) is 8.30. The monoisotopic (exact) mass is 281 g/mol. The topological polar surface area (TPSA) is 39.1 Å². The maximum atomic E-state index is 5.55. The molecule has 1 unspecified atom stereocenters. The highest BCUT2D eigenvalue weighted by Gasteiger charge is 2.28. The summed E-state index contributed by atoms with van der Waals surface area (Å²) >= 11 is 0. The lowest BCUT2D eigenvalue weighted by atomic mass is 9.91. The third-order valence-corrected chi connectivity index (χ3v) is 3.94. The number of rotatable bonds is 9. The van der Waals surface area contributed by atoms with E-state index in [1.807, 2.05) is 6.20 Å². The van der Waals surface area contributed by atoms with Crippen molar-refractivity contribution in [2.75, 3.05) is 13.7 Å². The molecule has 0 bridgehead atoms. The van der Waals surface area contributed by atoms with Crippen LogP contribution in [0.3, 0.4) is 0 Å². The standard InChI is InChI=1S/C16H31N3O/c1-7-10-17-15(13(8-2)9-3)16-14(20-6)11-18-19(16)12(4)5/h11-13,15,17H,7-10H2,1-6H3. The molecule has 0 radical (unpaired) electrons. The molecule has 0 aliphatic rings. The van der Waals surface area contributed by atoms with Gasteiger partial charge in [0.15, 0.2) is 5.75 Å². The Hall–Kier alpha value is -1.03. The van der Waals surface area contributed by atoms with Gasteiger partial charge in [0, 0.05) is 6.04 Å². The van der Waals surface area contributed by atoms with Crippen LogP contribution in [0.2, 0.25) is 0 Å². The summed E-state index contributed by atoms with van der Waals surface area (Å²) in [5.74, 6) is 1.50. The Morgan fingerprint density at radius 1 is 1.25 bits per heavy atom. The van der Waals surface area contributed by atoms with Gasteiger partial charge in [-0.15, -0.1) is 0 Å². The number of hydrogen-bond donors (Lipinski definition) is 1. The van der Waals surface area contributed by atoms with E-state index in [1.165, 1.54) is 5.69 Å². The van der Waals surface area contributed by atoms with Crippen molar-refractivity contribution in [1.29, 1.82) is 0 Å². The van der Waals surface area contributed by atoms with Crippen LogP contribution in [-0.2, 0) is 0 Å². The van der Waals surface area contributed by atoms with Gasteiger partial charge in [0.1, 0.15) is 0 Å². The summed E-state index contributed by atoms with van der Waals surface area (Å²) in [5.41, 5.74) is 1.20. The minimum Gasteiger partial charge on any atom is -0.493 e. The Labute approximate surface area is 123 Å². The molecule has 0 aromatic carbocycles. The van der Waals surface area contributed by atoms with Crippen LogP contribution in [-0.4, -0.2) is 23.4 Å². The minimum absolute atomic E-state index is 0.310. The Morgan fingerprint density at radius 2 is 1.90 bits per heavy atom. The van der Waals surface area contributed by atoms with Crippen LogP contribution in [0, 0.1) is 5.92 Å². The fourth-order valence-corrected chi connectivity index (χ4v) is 2.77. The molecule has 0 fully saturated rings. The molecule has 116 valence electrons. The van der Waals surface area contributed by atoms with Gasteiger partial charge in [0.05, 0.1) is 25.0 Å². The molecule has 1 heterocycles. The van der Waals surface area contributed by atoms with Crippen LogP contribution in [0.1, 0.15) is 71.7 Å². The molecule has 20 heavy (non-hydrogen) atoms. The largest absolute Gasteiger partial charge is 0.493 e. The zero-order valence-corrected chi connectivity index (χ0v) is 13.9. The smallest absolute Gasteiger partial charge is 0.161 e. The number of aromatic nitrogens is 2. The van der Waals surface area contributed by atoms with E-state index in [0.29, 0.717) is 18.0 Å². The highest BCUT2D eigenvalue weighted by molar-refractivity contribution is 5.29. The van der Waals surface area contributed by atoms with Crippen LogP contribution >= 0.6 is 0 Å². The van der Waals surface area contributed by atoms with E-state index in [-0.39, 0.29) is 0 Å². The SMILES string of the molecule is CCCNC(c1c(OC)cnn1C(C)C)C(CC)CC. The zero-order valence-electron chi connectivity index (χ0n) is 13.9. The van der Waals surface area contributed by atoms with Crippen molar-refractivity contribution in [3.05, 3.63) is 11.9 Å². The van der Waals surface area contributed by atoms with Crippen molar-refractivity contribution in [2.24, 2.45) is 5.92 Å². The molecule has 0 aliphatic carbocycles. The Bertz CT molecular complexity index is 383. The third kappa shape index (κ3) is 3.75. The number of methoxy groups -OCH3 is 1. The van der Waals surface area contributed by atoms with Crippen LogP contribution < -0.4 is 10.1 Å². The molecular weight excluding hydrogens is 250 g/mol. The molecular formula is C16H31N3O. The van der Waals surface area contributed by atoms with Crippen LogP contribution in [0.15, 0.2) is 6.20 Å². The lowest BCUT2D eigenvalue weighted by Gasteiger charge is -2.28. The first kappa shape index (κ1) is 17.0. The van der Waals surface area contributed by atoms with E-state index in [0.717, 1.165) is 31.6 Å². The van der Waals surface area contributed by atoms with Crippen molar-refractivity contribution >= 4 is 0 Å². The first-order chi connectivity index (χ1) is 9.60. The zero-order chi connectivity index (χ0) is 15.1. The van der Waals surface area contributed by atoms with Gasteiger partial charge in [-0.05, 0) is 32.7 Å². The van der Waals surface area contributed by atoms with Gasteiger partial charge < -0.3 is 10.1 Å². The van der Waals surface area contributed by atoms with Gasteiger partial charge in [0.2, 0.25) is 0 Å². The van der Waals surface area contributed by atoms with Gasteiger partial charge in [-0.2, -0.15) is 5.10 Å². The average Bonchev–Trinajstić information content (AvgIpc) is 2.87. The van der Waals surface area contributed by atoms with Gasteiger partial charge in [-0.3, -0.25) is 4.68 Å². The molecule has 0 aliphatic heterocycles. The Morgan fingerprint density at radius 3 is 2.35 bits per heavy atom. The van der Waals surface area contributed by atoms with Crippen molar-refractivity contribution in [2.45, 2.75) is 66.0 Å². The van der Waals surface area contributed by atoms with Crippen LogP contribution in [0.5, 0.6) is 5.75 Å².